The summed E-state index contributed by atoms with van der Waals surface area (Å²) in [6.07, 6.45) is 0. The van der Waals surface area contributed by atoms with Crippen molar-refractivity contribution in [3.05, 3.63) is 0 Å². The minimum atomic E-state index is 0. The SMILES string of the molecule is F.[F-].[F-].[F-].[Yb+3]. The van der Waals surface area contributed by atoms with Crippen LogP contribution in [0, 0.1) is 46.9 Å². The Morgan fingerprint density at radius 3 is 0.600 bits per heavy atom. The molecule has 1 radical (unpaired) electrons. The first-order valence-electron chi connectivity index (χ1n) is 0. The van der Waals surface area contributed by atoms with E-state index in [1.54, 1.807) is 0 Å². The van der Waals surface area contributed by atoms with Gasteiger partial charge in [-0.3, -0.25) is 4.70 Å². The van der Waals surface area contributed by atoms with E-state index in [1.165, 1.54) is 0 Å². The van der Waals surface area contributed by atoms with E-state index in [0.29, 0.717) is 0 Å². The van der Waals surface area contributed by atoms with Crippen LogP contribution in [0.5, 0.6) is 0 Å². The quantitative estimate of drug-likeness (QED) is 0.375. The van der Waals surface area contributed by atoms with E-state index < -0.39 is 0 Å². The summed E-state index contributed by atoms with van der Waals surface area (Å²) in [6.45, 7) is 0. The second-order valence-electron chi connectivity index (χ2n) is 0. The van der Waals surface area contributed by atoms with Gasteiger partial charge in [-0.25, -0.2) is 0 Å². The van der Waals surface area contributed by atoms with E-state index in [-0.39, 0.29) is 65.7 Å². The van der Waals surface area contributed by atoms with Crippen LogP contribution in [0.25, 0.3) is 0 Å². The molecule has 0 heterocycles. The van der Waals surface area contributed by atoms with Gasteiger partial charge < -0.3 is 14.1 Å². The smallest absolute Gasteiger partial charge is 1.00 e. The topological polar surface area (TPSA) is 0 Å². The van der Waals surface area contributed by atoms with Gasteiger partial charge in [0.1, 0.15) is 0 Å². The molecule has 43 valence electrons. The van der Waals surface area contributed by atoms with E-state index in [0.717, 1.165) is 0 Å². The van der Waals surface area contributed by atoms with Crippen molar-refractivity contribution in [1.29, 1.82) is 0 Å². The van der Waals surface area contributed by atoms with Crippen LogP contribution in [-0.2, 0) is 0 Å². The third-order valence-corrected chi connectivity index (χ3v) is 0. The van der Waals surface area contributed by atoms with Crippen molar-refractivity contribution < 1.29 is 65.7 Å². The van der Waals surface area contributed by atoms with Crippen molar-refractivity contribution in [3.63, 3.8) is 0 Å². The summed E-state index contributed by atoms with van der Waals surface area (Å²) in [5, 5.41) is 0. The molecule has 0 N–H and O–H groups in total. The Kier molecular flexibility index (Phi) is 1370. The molecule has 0 bridgehead atoms. The van der Waals surface area contributed by atoms with Gasteiger partial charge in [-0.1, -0.05) is 0 Å². The Labute approximate surface area is 65.0 Å². The number of rotatable bonds is 0. The van der Waals surface area contributed by atoms with Crippen molar-refractivity contribution in [2.24, 2.45) is 0 Å². The molecule has 0 amide bonds. The van der Waals surface area contributed by atoms with Crippen molar-refractivity contribution in [2.45, 2.75) is 0 Å². The molecule has 0 aliphatic heterocycles. The van der Waals surface area contributed by atoms with Gasteiger partial charge in [0.05, 0.1) is 0 Å². The maximum atomic E-state index is 0. The first-order valence-corrected chi connectivity index (χ1v) is 0. The summed E-state index contributed by atoms with van der Waals surface area (Å²) >= 11 is 0. The first-order chi connectivity index (χ1) is 0. The largest absolute Gasteiger partial charge is 3.00 e. The molecule has 0 fully saturated rings. The predicted octanol–water partition coefficient (Wildman–Crippen LogP) is -8.84. The molecule has 0 unspecified atom stereocenters. The van der Waals surface area contributed by atoms with Crippen molar-refractivity contribution in [1.82, 2.24) is 0 Å². The third kappa shape index (κ3) is 35.8. The number of hydrogen-bond donors (Lipinski definition) is 0. The van der Waals surface area contributed by atoms with Gasteiger partial charge in [-0.15, -0.1) is 0 Å². The van der Waals surface area contributed by atoms with E-state index in [4.69, 9.17) is 0 Å². The Bertz CT molecular complexity index is 3.61. The van der Waals surface area contributed by atoms with Gasteiger partial charge in [-0.05, 0) is 0 Å². The summed E-state index contributed by atoms with van der Waals surface area (Å²) in [5.41, 5.74) is 0. The Morgan fingerprint density at radius 2 is 0.600 bits per heavy atom. The fraction of sp³-hybridized carbons (Fsp3) is 0. The van der Waals surface area contributed by atoms with Crippen LogP contribution >= 0.6 is 0 Å². The Balaban J connectivity index is 0. The van der Waals surface area contributed by atoms with E-state index >= 15 is 0 Å². The normalized spacial score (nSPS) is 0. The fourth-order valence-electron chi connectivity index (χ4n) is 0. The average molecular weight is 250 g/mol. The zero-order valence-corrected chi connectivity index (χ0v) is 3.52. The molecule has 5 heavy (non-hydrogen) atoms. The molecule has 0 aliphatic rings. The van der Waals surface area contributed by atoms with E-state index in [9.17, 15) is 0 Å². The molecule has 0 aromatic heterocycles. The Hall–Kier alpha value is 1.24. The molecule has 0 aliphatic carbocycles. The van der Waals surface area contributed by atoms with Crippen LogP contribution in [0.15, 0.2) is 0 Å². The summed E-state index contributed by atoms with van der Waals surface area (Å²) in [7, 11) is 0. The summed E-state index contributed by atoms with van der Waals surface area (Å²) in [5.74, 6) is 0. The predicted molar refractivity (Wildman–Crippen MR) is 2.50 cm³/mol. The van der Waals surface area contributed by atoms with E-state index in [1.807, 2.05) is 0 Å². The molecule has 0 aromatic carbocycles. The molecule has 0 saturated carbocycles. The third-order valence-electron chi connectivity index (χ3n) is 0. The molecule has 0 spiro atoms. The Morgan fingerprint density at radius 1 is 0.600 bits per heavy atom. The van der Waals surface area contributed by atoms with Gasteiger partial charge in [0, 0.05) is 0 Å². The molecule has 5 heteroatoms. The zero-order valence-electron chi connectivity index (χ0n) is 1.81. The fourth-order valence-corrected chi connectivity index (χ4v) is 0. The average Bonchev–Trinajstić information content (AvgIpc) is 0. The van der Waals surface area contributed by atoms with Gasteiger partial charge >= 0.3 is 46.9 Å². The van der Waals surface area contributed by atoms with Gasteiger partial charge in [0.2, 0.25) is 0 Å². The van der Waals surface area contributed by atoms with Gasteiger partial charge in [0.25, 0.3) is 0 Å². The maximum absolute atomic E-state index is 0. The van der Waals surface area contributed by atoms with Gasteiger partial charge in [0.15, 0.2) is 0 Å². The minimum Gasteiger partial charge on any atom is -1.00 e. The summed E-state index contributed by atoms with van der Waals surface area (Å²) in [6, 6.07) is 0. The minimum absolute atomic E-state index is 0. The number of halogens is 4. The summed E-state index contributed by atoms with van der Waals surface area (Å²) in [4.78, 5) is 0. The zero-order chi connectivity index (χ0) is 0. The van der Waals surface area contributed by atoms with E-state index in [2.05, 4.69) is 0 Å². The molecule has 0 atom stereocenters. The monoisotopic (exact) mass is 251 g/mol. The van der Waals surface area contributed by atoms with Gasteiger partial charge in [-0.2, -0.15) is 0 Å². The van der Waals surface area contributed by atoms with Crippen molar-refractivity contribution in [2.75, 3.05) is 0 Å². The van der Waals surface area contributed by atoms with Crippen LogP contribution in [-0.4, -0.2) is 0 Å². The second kappa shape index (κ2) is 61.3. The maximum Gasteiger partial charge on any atom is 3.00 e. The molecule has 0 saturated heterocycles. The molecule has 0 rings (SSSR count). The summed E-state index contributed by atoms with van der Waals surface area (Å²) < 4.78 is 0. The van der Waals surface area contributed by atoms with Crippen LogP contribution < -0.4 is 14.1 Å². The molecular weight excluding hydrogens is 249 g/mol. The van der Waals surface area contributed by atoms with Crippen molar-refractivity contribution in [3.8, 4) is 0 Å². The molecule has 0 nitrogen and oxygen atoms in total. The van der Waals surface area contributed by atoms with Crippen LogP contribution in [0.2, 0.25) is 0 Å². The van der Waals surface area contributed by atoms with Crippen molar-refractivity contribution >= 4 is 0 Å². The second-order valence-corrected chi connectivity index (χ2v) is 0. The van der Waals surface area contributed by atoms with Crippen LogP contribution in [0.3, 0.4) is 0 Å². The first kappa shape index (κ1) is 111. The van der Waals surface area contributed by atoms with Crippen LogP contribution in [0.1, 0.15) is 0 Å². The van der Waals surface area contributed by atoms with Crippen LogP contribution in [0.4, 0.5) is 4.70 Å². The number of hydrogen-bond acceptors (Lipinski definition) is 0. The molecule has 0 aromatic rings. The molecular formula is HF4Yb. The standard InChI is InChI=1S/4FH.Yb/h4*1H;/q;;;;+3/p-3.